The van der Waals surface area contributed by atoms with Crippen LogP contribution in [-0.4, -0.2) is 63.3 Å². The fraction of sp³-hybridized carbons (Fsp3) is 0.424. The highest BCUT2D eigenvalue weighted by molar-refractivity contribution is 8.11. The lowest BCUT2D eigenvalue weighted by Crippen LogP contribution is -2.37. The van der Waals surface area contributed by atoms with Crippen molar-refractivity contribution >= 4 is 51.0 Å². The molecule has 264 valence electrons. The molecule has 2 aromatic carbocycles. The molecule has 3 aromatic rings. The number of thioether (sulfide) groups is 1. The fourth-order valence-electron chi connectivity index (χ4n) is 6.00. The Balaban J connectivity index is 0.000000396. The molecule has 8 nitrogen and oxygen atoms in total. The van der Waals surface area contributed by atoms with E-state index in [4.69, 9.17) is 22.1 Å². The highest BCUT2D eigenvalue weighted by Gasteiger charge is 2.47. The van der Waals surface area contributed by atoms with Gasteiger partial charge in [-0.3, -0.25) is 9.36 Å². The molecule has 16 heteroatoms. The summed E-state index contributed by atoms with van der Waals surface area (Å²) in [4.78, 5) is 29.0. The van der Waals surface area contributed by atoms with Crippen molar-refractivity contribution in [2.75, 3.05) is 18.9 Å². The number of rotatable bonds is 4. The lowest BCUT2D eigenvalue weighted by Gasteiger charge is -2.25. The third-order valence-electron chi connectivity index (χ3n) is 8.63. The number of carbonyl (C=O) groups excluding carboxylic acids is 1. The Morgan fingerprint density at radius 2 is 1.78 bits per heavy atom. The molecule has 2 atom stereocenters. The first-order valence-electron chi connectivity index (χ1n) is 15.4. The van der Waals surface area contributed by atoms with Crippen LogP contribution in [0.5, 0.6) is 0 Å². The zero-order chi connectivity index (χ0) is 35.8. The summed E-state index contributed by atoms with van der Waals surface area (Å²) in [6.45, 7) is 4.82. The van der Waals surface area contributed by atoms with E-state index in [0.29, 0.717) is 29.1 Å². The van der Waals surface area contributed by atoms with Gasteiger partial charge in [0, 0.05) is 27.7 Å². The second-order valence-corrected chi connectivity index (χ2v) is 13.5. The number of ether oxygens (including phenoxy) is 1. The minimum absolute atomic E-state index is 0.00380. The Bertz CT molecular complexity index is 1870. The number of hydrogen-bond acceptors (Lipinski definition) is 7. The van der Waals surface area contributed by atoms with Gasteiger partial charge < -0.3 is 20.5 Å². The van der Waals surface area contributed by atoms with Gasteiger partial charge in [-0.15, -0.1) is 0 Å². The summed E-state index contributed by atoms with van der Waals surface area (Å²) in [5.74, 6) is 0.337. The molecule has 0 saturated carbocycles. The summed E-state index contributed by atoms with van der Waals surface area (Å²) < 4.78 is 87.8. The molecule has 2 saturated heterocycles. The van der Waals surface area contributed by atoms with Crippen LogP contribution in [-0.2, 0) is 11.3 Å². The summed E-state index contributed by atoms with van der Waals surface area (Å²) in [5, 5.41) is 10.4. The number of aliphatic hydroxyl groups is 1. The van der Waals surface area contributed by atoms with Crippen LogP contribution in [0.2, 0.25) is 5.02 Å². The standard InChI is InChI=1S/C26H22ClF6N3O2S.C7H11NO2/c1-12-3-8-16(22(37)25(28,29)30)23(26(31,32)33)39-21(12)17-10-20-18(9-19(17)34)24(38)36(13(2)35-20)11-14-4-6-15(27)7-5-14;9-7-8-4-2-1-3-6(8)5-10-7/h4-7,9-10,22,37H,3,8,11,34H2,1-2H3;6H,1-5H2. The van der Waals surface area contributed by atoms with Crippen molar-refractivity contribution in [1.82, 2.24) is 14.5 Å². The number of carbonyl (C=O) groups is 1. The number of amides is 1. The van der Waals surface area contributed by atoms with Gasteiger partial charge in [0.2, 0.25) is 0 Å². The maximum atomic E-state index is 14.0. The first-order valence-corrected chi connectivity index (χ1v) is 16.6. The normalized spacial score (nSPS) is 19.3. The second-order valence-electron chi connectivity index (χ2n) is 12.1. The molecular weight excluding hydrogens is 698 g/mol. The molecular formula is C33H33ClF6N4O4S. The minimum atomic E-state index is -5.26. The van der Waals surface area contributed by atoms with E-state index >= 15 is 0 Å². The highest BCUT2D eigenvalue weighted by atomic mass is 35.5. The highest BCUT2D eigenvalue weighted by Crippen LogP contribution is 2.51. The monoisotopic (exact) mass is 730 g/mol. The van der Waals surface area contributed by atoms with Crippen LogP contribution in [0.15, 0.2) is 57.2 Å². The Morgan fingerprint density at radius 1 is 1.08 bits per heavy atom. The molecule has 3 aliphatic rings. The smallest absolute Gasteiger partial charge is 0.422 e. The first kappa shape index (κ1) is 36.6. The summed E-state index contributed by atoms with van der Waals surface area (Å²) >= 11 is 6.00. The van der Waals surface area contributed by atoms with Crippen molar-refractivity contribution < 1.29 is 41.0 Å². The zero-order valence-corrected chi connectivity index (χ0v) is 28.0. The summed E-state index contributed by atoms with van der Waals surface area (Å²) in [5.41, 5.74) is 6.03. The number of anilines is 1. The topological polar surface area (TPSA) is 111 Å². The van der Waals surface area contributed by atoms with Crippen LogP contribution in [0.1, 0.15) is 56.0 Å². The number of halogens is 7. The Hall–Kier alpha value is -3.69. The average molecular weight is 731 g/mol. The molecule has 2 unspecified atom stereocenters. The van der Waals surface area contributed by atoms with Gasteiger partial charge in [-0.05, 0) is 81.4 Å². The van der Waals surface area contributed by atoms with Crippen molar-refractivity contribution in [2.45, 2.75) is 77.0 Å². The van der Waals surface area contributed by atoms with Crippen LogP contribution >= 0.6 is 23.4 Å². The fourth-order valence-corrected chi connectivity index (χ4v) is 7.36. The average Bonchev–Trinajstić information content (AvgIpc) is 3.31. The van der Waals surface area contributed by atoms with Crippen LogP contribution < -0.4 is 11.3 Å². The van der Waals surface area contributed by atoms with E-state index in [0.717, 1.165) is 24.9 Å². The molecule has 0 aliphatic carbocycles. The number of cyclic esters (lactones) is 1. The van der Waals surface area contributed by atoms with Gasteiger partial charge in [-0.25, -0.2) is 9.78 Å². The summed E-state index contributed by atoms with van der Waals surface area (Å²) in [7, 11) is 0. The van der Waals surface area contributed by atoms with E-state index in [1.165, 1.54) is 30.0 Å². The molecule has 0 bridgehead atoms. The quantitative estimate of drug-likeness (QED) is 0.207. The second kappa shape index (κ2) is 14.3. The number of nitrogen functional groups attached to an aromatic ring is 1. The summed E-state index contributed by atoms with van der Waals surface area (Å²) in [6, 6.07) is 9.95. The molecule has 4 heterocycles. The number of nitrogens with two attached hydrogens (primary N) is 1. The van der Waals surface area contributed by atoms with Crippen molar-refractivity contribution in [3.05, 3.63) is 84.8 Å². The Labute approximate surface area is 286 Å². The summed E-state index contributed by atoms with van der Waals surface area (Å²) in [6.07, 6.45) is -11.1. The van der Waals surface area contributed by atoms with Crippen molar-refractivity contribution in [1.29, 1.82) is 0 Å². The molecule has 1 aromatic heterocycles. The van der Waals surface area contributed by atoms with Gasteiger partial charge in [0.05, 0.1) is 28.4 Å². The van der Waals surface area contributed by atoms with Gasteiger partial charge in [-0.1, -0.05) is 41.1 Å². The van der Waals surface area contributed by atoms with E-state index in [1.807, 2.05) is 4.90 Å². The number of piperidine rings is 1. The maximum absolute atomic E-state index is 14.0. The van der Waals surface area contributed by atoms with Crippen molar-refractivity contribution in [3.63, 3.8) is 0 Å². The lowest BCUT2D eigenvalue weighted by molar-refractivity contribution is -0.193. The molecule has 0 spiro atoms. The lowest BCUT2D eigenvalue weighted by atomic mass is 9.98. The van der Waals surface area contributed by atoms with E-state index in [-0.39, 0.29) is 57.9 Å². The van der Waals surface area contributed by atoms with Crippen molar-refractivity contribution in [2.24, 2.45) is 0 Å². The predicted octanol–water partition coefficient (Wildman–Crippen LogP) is 7.98. The van der Waals surface area contributed by atoms with E-state index in [2.05, 4.69) is 4.98 Å². The number of allylic oxidation sites excluding steroid dienone is 2. The molecule has 0 radical (unpaired) electrons. The number of aryl methyl sites for hydroxylation is 1. The number of aromatic nitrogens is 2. The van der Waals surface area contributed by atoms with E-state index in [1.54, 1.807) is 31.2 Å². The van der Waals surface area contributed by atoms with Crippen molar-refractivity contribution in [3.8, 4) is 0 Å². The molecule has 1 amide bonds. The number of aliphatic hydroxyl groups excluding tert-OH is 1. The Morgan fingerprint density at radius 3 is 2.41 bits per heavy atom. The van der Waals surface area contributed by atoms with Gasteiger partial charge in [-0.2, -0.15) is 26.3 Å². The molecule has 49 heavy (non-hydrogen) atoms. The van der Waals surface area contributed by atoms with Gasteiger partial charge >= 0.3 is 18.4 Å². The van der Waals surface area contributed by atoms with Crippen LogP contribution in [0.4, 0.5) is 36.8 Å². The largest absolute Gasteiger partial charge is 0.447 e. The maximum Gasteiger partial charge on any atom is 0.422 e. The molecule has 3 aliphatic heterocycles. The van der Waals surface area contributed by atoms with Crippen LogP contribution in [0.3, 0.4) is 0 Å². The first-order chi connectivity index (χ1) is 23.0. The number of alkyl halides is 6. The molecule has 2 fully saturated rings. The van der Waals surface area contributed by atoms with Gasteiger partial charge in [0.15, 0.2) is 6.10 Å². The van der Waals surface area contributed by atoms with E-state index < -0.39 is 40.9 Å². The molecule has 3 N–H and O–H groups in total. The molecule has 6 rings (SSSR count). The SMILES string of the molecule is CC1=C(c2cc3nc(C)n(Cc4ccc(Cl)cc4)c(=O)c3cc2N)SC(C(F)(F)F)=C(C(O)C(F)(F)F)CC1.O=C1OCC2CCCCN12. The third kappa shape index (κ3) is 8.04. The predicted molar refractivity (Wildman–Crippen MR) is 176 cm³/mol. The van der Waals surface area contributed by atoms with Gasteiger partial charge in [0.1, 0.15) is 12.4 Å². The number of benzene rings is 2. The van der Waals surface area contributed by atoms with Crippen LogP contribution in [0, 0.1) is 6.92 Å². The number of hydrogen-bond donors (Lipinski definition) is 2. The van der Waals surface area contributed by atoms with Gasteiger partial charge in [0.25, 0.3) is 5.56 Å². The van der Waals surface area contributed by atoms with E-state index in [9.17, 15) is 41.0 Å². The number of fused-ring (bicyclic) bond motifs is 2. The van der Waals surface area contributed by atoms with Crippen LogP contribution in [0.25, 0.3) is 15.8 Å². The zero-order valence-electron chi connectivity index (χ0n) is 26.4. The number of nitrogens with zero attached hydrogens (tertiary/aromatic N) is 3. The minimum Gasteiger partial charge on any atom is -0.447 e. The third-order valence-corrected chi connectivity index (χ3v) is 10.3. The Kier molecular flexibility index (Phi) is 10.7.